The van der Waals surface area contributed by atoms with Crippen LogP contribution in [-0.2, 0) is 6.54 Å². The van der Waals surface area contributed by atoms with Gasteiger partial charge < -0.3 is 19.5 Å². The van der Waals surface area contributed by atoms with E-state index in [1.54, 1.807) is 13.2 Å². The third-order valence-corrected chi connectivity index (χ3v) is 5.08. The summed E-state index contributed by atoms with van der Waals surface area (Å²) < 4.78 is 7.19. The highest BCUT2D eigenvalue weighted by Gasteiger charge is 2.35. The molecule has 8 nitrogen and oxygen atoms in total. The smallest absolute Gasteiger partial charge is 0.322 e. The molecule has 0 amide bonds. The molecule has 0 aliphatic carbocycles. The van der Waals surface area contributed by atoms with E-state index in [1.165, 1.54) is 0 Å². The molecule has 0 saturated carbocycles. The number of hydrogen-bond acceptors (Lipinski definition) is 7. The Kier molecular flexibility index (Phi) is 4.48. The van der Waals surface area contributed by atoms with Crippen LogP contribution in [0, 0.1) is 5.92 Å². The molecule has 0 aromatic carbocycles. The zero-order valence-electron chi connectivity index (χ0n) is 15.2. The summed E-state index contributed by atoms with van der Waals surface area (Å²) in [7, 11) is 1.57. The van der Waals surface area contributed by atoms with Gasteiger partial charge in [-0.3, -0.25) is 4.79 Å². The summed E-state index contributed by atoms with van der Waals surface area (Å²) in [6.07, 6.45) is 2.09. The van der Waals surface area contributed by atoms with Crippen molar-refractivity contribution in [2.24, 2.45) is 5.92 Å². The van der Waals surface area contributed by atoms with Gasteiger partial charge in [-0.2, -0.15) is 15.0 Å². The summed E-state index contributed by atoms with van der Waals surface area (Å²) in [6.45, 7) is 5.27. The van der Waals surface area contributed by atoms with Crippen molar-refractivity contribution in [1.29, 1.82) is 0 Å². The van der Waals surface area contributed by atoms with Gasteiger partial charge in [-0.05, 0) is 24.8 Å². The number of nitrogens with one attached hydrogen (secondary N) is 1. The lowest BCUT2D eigenvalue weighted by Crippen LogP contribution is -2.47. The van der Waals surface area contributed by atoms with E-state index >= 15 is 0 Å². The molecule has 0 unspecified atom stereocenters. The average molecular weight is 356 g/mol. The number of anilines is 2. The number of fused-ring (bicyclic) bond motifs is 4. The van der Waals surface area contributed by atoms with Crippen LogP contribution in [0.1, 0.15) is 31.4 Å². The second-order valence-corrected chi connectivity index (χ2v) is 6.98. The summed E-state index contributed by atoms with van der Waals surface area (Å²) in [4.78, 5) is 27.7. The molecule has 4 heterocycles. The highest BCUT2D eigenvalue weighted by atomic mass is 16.5. The lowest BCUT2D eigenvalue weighted by atomic mass is 9.83. The van der Waals surface area contributed by atoms with Crippen LogP contribution >= 0.6 is 0 Å². The van der Waals surface area contributed by atoms with Crippen LogP contribution < -0.4 is 20.5 Å². The molecule has 0 radical (unpaired) electrons. The first-order chi connectivity index (χ1) is 12.7. The van der Waals surface area contributed by atoms with Crippen molar-refractivity contribution in [2.45, 2.75) is 32.2 Å². The predicted octanol–water partition coefficient (Wildman–Crippen LogP) is 1.49. The standard InChI is InChI=1S/C18H24N6O2/c1-3-7-19-16-20-17(22-18(21-16)26-2)23-9-12-8-13(11-23)14-5-4-6-15(25)24(14)10-12/h4-6,12-13H,3,7-11H2,1-2H3,(H,19,20,21,22)/t12-,13+/m1/s1. The molecule has 2 aromatic heterocycles. The van der Waals surface area contributed by atoms with Crippen molar-refractivity contribution < 1.29 is 4.74 Å². The SMILES string of the molecule is CCCNc1nc(OC)nc(N2C[C@H]3C[C@@H](C2)c2cccc(=O)n2C3)n1. The zero-order valence-corrected chi connectivity index (χ0v) is 15.2. The van der Waals surface area contributed by atoms with Crippen LogP contribution in [0.25, 0.3) is 0 Å². The lowest BCUT2D eigenvalue weighted by molar-refractivity contribution is 0.279. The molecule has 2 bridgehead atoms. The van der Waals surface area contributed by atoms with Gasteiger partial charge >= 0.3 is 6.01 Å². The van der Waals surface area contributed by atoms with Gasteiger partial charge in [-0.15, -0.1) is 0 Å². The number of pyridine rings is 1. The van der Waals surface area contributed by atoms with Gasteiger partial charge in [0.15, 0.2) is 0 Å². The number of ether oxygens (including phenoxy) is 1. The van der Waals surface area contributed by atoms with Gasteiger partial charge in [0.25, 0.3) is 5.56 Å². The van der Waals surface area contributed by atoms with Crippen LogP contribution in [-0.4, -0.2) is 46.3 Å². The van der Waals surface area contributed by atoms with Crippen LogP contribution in [0.15, 0.2) is 23.0 Å². The van der Waals surface area contributed by atoms with Crippen molar-refractivity contribution in [3.63, 3.8) is 0 Å². The fourth-order valence-corrected chi connectivity index (χ4v) is 3.95. The van der Waals surface area contributed by atoms with E-state index in [1.807, 2.05) is 10.6 Å². The van der Waals surface area contributed by atoms with E-state index in [9.17, 15) is 4.79 Å². The lowest BCUT2D eigenvalue weighted by Gasteiger charge is -2.42. The summed E-state index contributed by atoms with van der Waals surface area (Å²) in [5.41, 5.74) is 1.21. The first-order valence-corrected chi connectivity index (χ1v) is 9.16. The molecule has 138 valence electrons. The maximum absolute atomic E-state index is 12.2. The minimum atomic E-state index is 0.0959. The monoisotopic (exact) mass is 356 g/mol. The predicted molar refractivity (Wildman–Crippen MR) is 98.9 cm³/mol. The van der Waals surface area contributed by atoms with Gasteiger partial charge in [0.1, 0.15) is 0 Å². The van der Waals surface area contributed by atoms with E-state index in [0.717, 1.165) is 44.7 Å². The Bertz CT molecular complexity index is 852. The fraction of sp³-hybridized carbons (Fsp3) is 0.556. The first-order valence-electron chi connectivity index (χ1n) is 9.16. The fourth-order valence-electron chi connectivity index (χ4n) is 3.95. The maximum atomic E-state index is 12.2. The van der Waals surface area contributed by atoms with E-state index in [2.05, 4.69) is 38.2 Å². The van der Waals surface area contributed by atoms with Gasteiger partial charge in [0.05, 0.1) is 7.11 Å². The first kappa shape index (κ1) is 16.8. The molecule has 1 fully saturated rings. The van der Waals surface area contributed by atoms with Crippen molar-refractivity contribution >= 4 is 11.9 Å². The summed E-state index contributed by atoms with van der Waals surface area (Å²) in [5, 5.41) is 3.21. The number of aromatic nitrogens is 4. The van der Waals surface area contributed by atoms with E-state index in [-0.39, 0.29) is 5.56 Å². The van der Waals surface area contributed by atoms with E-state index in [4.69, 9.17) is 4.74 Å². The quantitative estimate of drug-likeness (QED) is 0.869. The van der Waals surface area contributed by atoms with Crippen molar-refractivity contribution in [2.75, 3.05) is 37.0 Å². The van der Waals surface area contributed by atoms with Gasteiger partial charge in [0.2, 0.25) is 11.9 Å². The minimum Gasteiger partial charge on any atom is -0.467 e. The van der Waals surface area contributed by atoms with Crippen LogP contribution in [0.3, 0.4) is 0 Å². The second-order valence-electron chi connectivity index (χ2n) is 6.98. The third kappa shape index (κ3) is 3.11. The molecule has 1 saturated heterocycles. The topological polar surface area (TPSA) is 85.2 Å². The third-order valence-electron chi connectivity index (χ3n) is 5.08. The second kappa shape index (κ2) is 6.93. The van der Waals surface area contributed by atoms with Crippen LogP contribution in [0.5, 0.6) is 6.01 Å². The van der Waals surface area contributed by atoms with Gasteiger partial charge in [0, 0.05) is 43.9 Å². The minimum absolute atomic E-state index is 0.0959. The van der Waals surface area contributed by atoms with Gasteiger partial charge in [-0.1, -0.05) is 13.0 Å². The normalized spacial score (nSPS) is 21.2. The highest BCUT2D eigenvalue weighted by Crippen LogP contribution is 2.36. The summed E-state index contributed by atoms with van der Waals surface area (Å²) in [5.74, 6) is 1.90. The Labute approximate surface area is 152 Å². The van der Waals surface area contributed by atoms with E-state index in [0.29, 0.717) is 29.7 Å². The Morgan fingerprint density at radius 2 is 2.12 bits per heavy atom. The molecule has 2 aromatic rings. The number of hydrogen-bond donors (Lipinski definition) is 1. The number of methoxy groups -OCH3 is 1. The Hall–Kier alpha value is -2.64. The van der Waals surface area contributed by atoms with Gasteiger partial charge in [-0.25, -0.2) is 0 Å². The number of piperidine rings is 1. The summed E-state index contributed by atoms with van der Waals surface area (Å²) >= 11 is 0. The summed E-state index contributed by atoms with van der Waals surface area (Å²) in [6, 6.07) is 5.88. The number of nitrogens with zero attached hydrogens (tertiary/aromatic N) is 5. The Morgan fingerprint density at radius 3 is 2.92 bits per heavy atom. The maximum Gasteiger partial charge on any atom is 0.322 e. The molecule has 1 N–H and O–H groups in total. The molecular weight excluding hydrogens is 332 g/mol. The van der Waals surface area contributed by atoms with Crippen molar-refractivity contribution in [1.82, 2.24) is 19.5 Å². The Balaban J connectivity index is 1.63. The number of rotatable bonds is 5. The highest BCUT2D eigenvalue weighted by molar-refractivity contribution is 5.40. The van der Waals surface area contributed by atoms with Crippen LogP contribution in [0.2, 0.25) is 0 Å². The van der Waals surface area contributed by atoms with Crippen molar-refractivity contribution in [3.8, 4) is 6.01 Å². The molecule has 26 heavy (non-hydrogen) atoms. The Morgan fingerprint density at radius 1 is 1.23 bits per heavy atom. The molecular formula is C18H24N6O2. The van der Waals surface area contributed by atoms with Crippen LogP contribution in [0.4, 0.5) is 11.9 Å². The molecule has 4 rings (SSSR count). The zero-order chi connectivity index (χ0) is 18.1. The molecule has 2 aliphatic rings. The van der Waals surface area contributed by atoms with Crippen molar-refractivity contribution in [3.05, 3.63) is 34.2 Å². The molecule has 2 aliphatic heterocycles. The molecule has 0 spiro atoms. The molecule has 8 heteroatoms. The average Bonchev–Trinajstić information content (AvgIpc) is 2.67. The van der Waals surface area contributed by atoms with E-state index < -0.39 is 0 Å². The largest absolute Gasteiger partial charge is 0.467 e. The molecule has 2 atom stereocenters.